The van der Waals surface area contributed by atoms with E-state index >= 15 is 0 Å². The molecule has 1 radical (unpaired) electrons. The van der Waals surface area contributed by atoms with E-state index in [1.54, 1.807) is 19.9 Å². The minimum Gasteiger partial charge on any atom is -0.501 e. The van der Waals surface area contributed by atoms with Gasteiger partial charge in [0.25, 0.3) is 0 Å². The van der Waals surface area contributed by atoms with Crippen molar-refractivity contribution in [1.29, 1.82) is 0 Å². The van der Waals surface area contributed by atoms with Crippen molar-refractivity contribution in [3.8, 4) is 33.6 Å². The van der Waals surface area contributed by atoms with Gasteiger partial charge in [-0.1, -0.05) is 106 Å². The van der Waals surface area contributed by atoms with Crippen LogP contribution < -0.4 is 0 Å². The maximum Gasteiger partial charge on any atom is 0.391 e. The maximum atomic E-state index is 13.2. The largest absolute Gasteiger partial charge is 0.501 e. The molecule has 0 aliphatic carbocycles. The summed E-state index contributed by atoms with van der Waals surface area (Å²) in [6.45, 7) is 2.77. The first-order valence-corrected chi connectivity index (χ1v) is 17.7. The minimum atomic E-state index is -5.50. The molecule has 0 aliphatic rings. The van der Waals surface area contributed by atoms with Crippen molar-refractivity contribution in [3.63, 3.8) is 0 Å². The van der Waals surface area contributed by atoms with Crippen LogP contribution in [0.2, 0.25) is 0 Å². The van der Waals surface area contributed by atoms with Gasteiger partial charge in [-0.3, -0.25) is 0 Å². The summed E-state index contributed by atoms with van der Waals surface area (Å²) >= 11 is 0. The molecule has 7 rings (SSSR count). The summed E-state index contributed by atoms with van der Waals surface area (Å²) in [5.74, 6) is -1.10. The van der Waals surface area contributed by atoms with E-state index in [9.17, 15) is 26.3 Å². The first kappa shape index (κ1) is 31.2. The van der Waals surface area contributed by atoms with E-state index in [2.05, 4.69) is 46.4 Å². The Morgan fingerprint density at radius 3 is 2.12 bits per heavy atom. The van der Waals surface area contributed by atoms with Crippen LogP contribution in [0.3, 0.4) is 0 Å². The molecule has 0 saturated heterocycles. The van der Waals surface area contributed by atoms with Gasteiger partial charge in [0.2, 0.25) is 0 Å². The molecule has 10 heteroatoms. The van der Waals surface area contributed by atoms with Crippen LogP contribution in [-0.2, 0) is 39.3 Å². The molecule has 58 heavy (non-hydrogen) atoms. The molecule has 305 valence electrons. The van der Waals surface area contributed by atoms with Crippen LogP contribution in [0.5, 0.6) is 0 Å². The van der Waals surface area contributed by atoms with Gasteiger partial charge in [0.05, 0.1) is 12.0 Å². The second-order valence-electron chi connectivity index (χ2n) is 14.6. The molecule has 3 nitrogen and oxygen atoms in total. The first-order valence-electron chi connectivity index (χ1n) is 23.2. The molecule has 0 unspecified atom stereocenters. The number of nitrogens with zero attached hydrogens (tertiary/aromatic N) is 2. The minimum absolute atomic E-state index is 0. The van der Waals surface area contributed by atoms with Crippen molar-refractivity contribution >= 4 is 21.9 Å². The van der Waals surface area contributed by atoms with Crippen molar-refractivity contribution in [2.45, 2.75) is 85.7 Å². The normalized spacial score (nSPS) is 16.0. The number of hydrogen-bond donors (Lipinski definition) is 0. The summed E-state index contributed by atoms with van der Waals surface area (Å²) in [5.41, 5.74) is 0.587. The Labute approximate surface area is 364 Å². The fourth-order valence-corrected chi connectivity index (χ4v) is 6.17. The first-order chi connectivity index (χ1) is 31.0. The maximum absolute atomic E-state index is 13.2. The second kappa shape index (κ2) is 17.6. The topological polar surface area (TPSA) is 38.9 Å². The molecule has 4 aromatic carbocycles. The van der Waals surface area contributed by atoms with E-state index in [1.807, 2.05) is 36.4 Å². The van der Waals surface area contributed by atoms with E-state index in [1.165, 1.54) is 27.0 Å². The summed E-state index contributed by atoms with van der Waals surface area (Å²) in [4.78, 5) is 8.40. The number of furan rings is 1. The molecule has 0 aliphatic heterocycles. The van der Waals surface area contributed by atoms with Gasteiger partial charge in [0.15, 0.2) is 0 Å². The number of pyridine rings is 2. The standard InChI is InChI=1S/C27H22NO.C21H22F6N.Ir/c1-17(2)24-15-25(28-16-18(24)3)23-11-7-10-22-21-13-12-20(14-26(21)29-27(22)23)19-8-5-4-6-9-19;1-13-7-18(28-12-17(13)9-19(2,3)4)14-5-6-15(10-20(22,23)24)16(8-14)11-21(25,26)27;/h4-10,12-17H,1-3H3;6-8,12H,9-11H2,1-4H3;/q2*-1;/i3D3,17D;1D3,9D2,10D2;. The van der Waals surface area contributed by atoms with Crippen molar-refractivity contribution in [3.05, 3.63) is 143 Å². The molecule has 7 aromatic rings. The smallest absolute Gasteiger partial charge is 0.391 e. The third-order valence-corrected chi connectivity index (χ3v) is 8.63. The molecule has 0 saturated carbocycles. The molecule has 0 amide bonds. The predicted molar refractivity (Wildman–Crippen MR) is 216 cm³/mol. The fraction of sp³-hybridized carbons (Fsp3) is 0.292. The van der Waals surface area contributed by atoms with E-state index in [-0.39, 0.29) is 42.5 Å². The van der Waals surface area contributed by atoms with Gasteiger partial charge in [-0.05, 0) is 76.7 Å². The second-order valence-corrected chi connectivity index (χ2v) is 14.6. The molecule has 0 bridgehead atoms. The Morgan fingerprint density at radius 2 is 1.47 bits per heavy atom. The number of rotatable bonds is 7. The Hall–Kier alpha value is -4.79. The number of aromatic nitrogens is 2. The van der Waals surface area contributed by atoms with Gasteiger partial charge in [0, 0.05) is 59.3 Å². The molecule has 3 aromatic heterocycles. The summed E-state index contributed by atoms with van der Waals surface area (Å²) in [6.07, 6.45) is -16.4. The average Bonchev–Trinajstić information content (AvgIpc) is 3.59. The Bertz CT molecular complexity index is 2970. The van der Waals surface area contributed by atoms with E-state index in [0.29, 0.717) is 34.5 Å². The van der Waals surface area contributed by atoms with Crippen LogP contribution in [0.4, 0.5) is 26.3 Å². The van der Waals surface area contributed by atoms with Gasteiger partial charge >= 0.3 is 12.4 Å². The van der Waals surface area contributed by atoms with Crippen LogP contribution in [0.25, 0.3) is 55.6 Å². The van der Waals surface area contributed by atoms with Crippen molar-refractivity contribution in [1.82, 2.24) is 9.97 Å². The third kappa shape index (κ3) is 11.0. The van der Waals surface area contributed by atoms with Gasteiger partial charge in [-0.25, -0.2) is 0 Å². The fourth-order valence-electron chi connectivity index (χ4n) is 6.17. The number of hydrogen-bond acceptors (Lipinski definition) is 3. The van der Waals surface area contributed by atoms with Crippen LogP contribution >= 0.6 is 0 Å². The van der Waals surface area contributed by atoms with Gasteiger partial charge in [-0.15, -0.1) is 53.1 Å². The monoisotopic (exact) mass is 982 g/mol. The van der Waals surface area contributed by atoms with Gasteiger partial charge < -0.3 is 14.4 Å². The van der Waals surface area contributed by atoms with E-state index in [4.69, 9.17) is 19.5 Å². The number of benzene rings is 4. The molecular formula is C48H44F6IrN2O-2. The molecule has 0 N–H and O–H groups in total. The average molecular weight is 982 g/mol. The predicted octanol–water partition coefficient (Wildman–Crippen LogP) is 14.2. The van der Waals surface area contributed by atoms with Gasteiger partial charge in [0.1, 0.15) is 5.58 Å². The molecule has 3 heterocycles. The quantitative estimate of drug-likeness (QED) is 0.118. The van der Waals surface area contributed by atoms with Crippen LogP contribution in [0.1, 0.15) is 89.0 Å². The number of alkyl halides is 6. The SMILES string of the molecule is [2H]C([2H])([2H])c1cc(-c2[c-]cc(C([2H])([2H])C(F)(F)F)c(CC(F)(F)F)c2)ncc1C([2H])([2H])C(C)(C)C.[2H]C([2H])([2H])c1cnc(-c2[c-]ccc3c2oc2cc(-c4ccccc4)ccc23)cc1C([2H])(C)C.[Ir]. The number of fused-ring (bicyclic) bond motifs is 3. The third-order valence-electron chi connectivity index (χ3n) is 8.63. The molecule has 0 fully saturated rings. The van der Waals surface area contributed by atoms with Crippen molar-refractivity contribution in [2.75, 3.05) is 0 Å². The van der Waals surface area contributed by atoms with E-state index in [0.717, 1.165) is 39.7 Å². The summed E-state index contributed by atoms with van der Waals surface area (Å²) in [5, 5.41) is 1.92. The Balaban J connectivity index is 0.000000254. The zero-order valence-electron chi connectivity index (χ0n) is 42.8. The molecule has 0 spiro atoms. The van der Waals surface area contributed by atoms with Crippen molar-refractivity contribution < 1.29 is 65.9 Å². The Morgan fingerprint density at radius 1 is 0.741 bits per heavy atom. The zero-order valence-corrected chi connectivity index (χ0v) is 34.2. The van der Waals surface area contributed by atoms with Crippen LogP contribution in [-0.4, -0.2) is 22.3 Å². The van der Waals surface area contributed by atoms with Gasteiger partial charge in [-0.2, -0.15) is 26.3 Å². The summed E-state index contributed by atoms with van der Waals surface area (Å²) in [6, 6.07) is 29.2. The number of aryl methyl sites for hydroxylation is 2. The van der Waals surface area contributed by atoms with Crippen LogP contribution in [0, 0.1) is 31.3 Å². The molecule has 0 atom stereocenters. The van der Waals surface area contributed by atoms with Crippen molar-refractivity contribution in [2.24, 2.45) is 5.41 Å². The zero-order chi connectivity index (χ0) is 50.8. The summed E-state index contributed by atoms with van der Waals surface area (Å²) < 4.78 is 172. The molecular weight excluding hydrogens is 927 g/mol. The Kier molecular flexibility index (Phi) is 9.46. The number of halogens is 6. The van der Waals surface area contributed by atoms with E-state index < -0.39 is 73.2 Å². The summed E-state index contributed by atoms with van der Waals surface area (Å²) in [7, 11) is 0. The van der Waals surface area contributed by atoms with Crippen LogP contribution in [0.15, 0.2) is 102 Å².